The summed E-state index contributed by atoms with van der Waals surface area (Å²) in [5.41, 5.74) is 4.64. The molecule has 1 amide bonds. The number of aromatic nitrogens is 4. The van der Waals surface area contributed by atoms with Gasteiger partial charge in [-0.1, -0.05) is 12.1 Å². The summed E-state index contributed by atoms with van der Waals surface area (Å²) in [5, 5.41) is 8.02. The summed E-state index contributed by atoms with van der Waals surface area (Å²) in [6.07, 6.45) is 6.69. The van der Waals surface area contributed by atoms with Gasteiger partial charge in [-0.2, -0.15) is 0 Å². The van der Waals surface area contributed by atoms with Gasteiger partial charge in [-0.05, 0) is 49.1 Å². The Bertz CT molecular complexity index is 1260. The smallest absolute Gasteiger partial charge is 0.257 e. The van der Waals surface area contributed by atoms with Crippen LogP contribution in [0.25, 0.3) is 22.5 Å². The molecular weight excluding hydrogens is 418 g/mol. The van der Waals surface area contributed by atoms with E-state index in [-0.39, 0.29) is 5.91 Å². The minimum Gasteiger partial charge on any atom is -0.421 e. The molecule has 1 saturated heterocycles. The number of pyridine rings is 1. The second kappa shape index (κ2) is 9.54. The summed E-state index contributed by atoms with van der Waals surface area (Å²) in [7, 11) is 0. The number of morpholine rings is 1. The molecule has 1 aliphatic heterocycles. The number of nitrogens with zero attached hydrogens (tertiary/aromatic N) is 5. The zero-order chi connectivity index (χ0) is 22.6. The molecule has 1 aliphatic rings. The van der Waals surface area contributed by atoms with Crippen molar-refractivity contribution in [1.82, 2.24) is 24.6 Å². The highest BCUT2D eigenvalue weighted by atomic mass is 16.5. The molecular formula is C25H27N5O3. The zero-order valence-corrected chi connectivity index (χ0v) is 18.7. The van der Waals surface area contributed by atoms with Gasteiger partial charge in [0.25, 0.3) is 5.91 Å². The van der Waals surface area contributed by atoms with E-state index in [1.807, 2.05) is 35.4 Å². The SMILES string of the molecule is Cc1nnc(-c2cccc(CCCCn3cc(C(=O)N4CCOCC4)c4ncccc43)c2)o1. The maximum atomic E-state index is 13.1. The van der Waals surface area contributed by atoms with Crippen LogP contribution < -0.4 is 0 Å². The molecule has 33 heavy (non-hydrogen) atoms. The van der Waals surface area contributed by atoms with Crippen molar-refractivity contribution < 1.29 is 13.9 Å². The molecule has 0 aliphatic carbocycles. The van der Waals surface area contributed by atoms with Crippen LogP contribution in [0.5, 0.6) is 0 Å². The third-order valence-corrected chi connectivity index (χ3v) is 5.98. The van der Waals surface area contributed by atoms with Gasteiger partial charge in [0.15, 0.2) is 0 Å². The highest BCUT2D eigenvalue weighted by Gasteiger charge is 2.23. The summed E-state index contributed by atoms with van der Waals surface area (Å²) in [4.78, 5) is 19.5. The number of aryl methyl sites for hydroxylation is 3. The molecule has 4 aromatic rings. The average molecular weight is 446 g/mol. The van der Waals surface area contributed by atoms with E-state index in [2.05, 4.69) is 31.9 Å². The molecule has 5 rings (SSSR count). The topological polar surface area (TPSA) is 86.3 Å². The zero-order valence-electron chi connectivity index (χ0n) is 18.7. The van der Waals surface area contributed by atoms with Gasteiger partial charge in [0, 0.05) is 44.5 Å². The normalized spacial score (nSPS) is 14.2. The standard InChI is InChI=1S/C25H27N5O3/c1-18-27-28-24(33-18)20-8-4-7-19(16-20)6-2-3-11-30-17-21(23-22(30)9-5-10-26-23)25(31)29-12-14-32-15-13-29/h4-5,7-10,16-17H,2-3,6,11-15H2,1H3. The molecule has 0 atom stereocenters. The van der Waals surface area contributed by atoms with Gasteiger partial charge >= 0.3 is 0 Å². The van der Waals surface area contributed by atoms with Crippen LogP contribution >= 0.6 is 0 Å². The Hall–Kier alpha value is -3.52. The van der Waals surface area contributed by atoms with Crippen LogP contribution in [0.15, 0.2) is 53.2 Å². The van der Waals surface area contributed by atoms with Crippen molar-refractivity contribution in [1.29, 1.82) is 0 Å². The molecule has 3 aromatic heterocycles. The van der Waals surface area contributed by atoms with Gasteiger partial charge in [-0.25, -0.2) is 0 Å². The summed E-state index contributed by atoms with van der Waals surface area (Å²) in [6.45, 7) is 5.05. The Morgan fingerprint density at radius 2 is 1.97 bits per heavy atom. The van der Waals surface area contributed by atoms with Gasteiger partial charge in [-0.3, -0.25) is 9.78 Å². The van der Waals surface area contributed by atoms with Crippen LogP contribution in [0, 0.1) is 6.92 Å². The lowest BCUT2D eigenvalue weighted by atomic mass is 10.1. The van der Waals surface area contributed by atoms with E-state index in [4.69, 9.17) is 9.15 Å². The molecule has 0 N–H and O–H groups in total. The van der Waals surface area contributed by atoms with Gasteiger partial charge in [0.05, 0.1) is 24.3 Å². The maximum Gasteiger partial charge on any atom is 0.257 e. The fraction of sp³-hybridized carbons (Fsp3) is 0.360. The summed E-state index contributed by atoms with van der Waals surface area (Å²) < 4.78 is 13.1. The Morgan fingerprint density at radius 3 is 2.79 bits per heavy atom. The van der Waals surface area contributed by atoms with Crippen molar-refractivity contribution >= 4 is 16.9 Å². The predicted molar refractivity (Wildman–Crippen MR) is 124 cm³/mol. The summed E-state index contributed by atoms with van der Waals surface area (Å²) >= 11 is 0. The Morgan fingerprint density at radius 1 is 1.09 bits per heavy atom. The molecule has 0 radical (unpaired) electrons. The van der Waals surface area contributed by atoms with Gasteiger partial charge in [-0.15, -0.1) is 10.2 Å². The van der Waals surface area contributed by atoms with Crippen molar-refractivity contribution in [3.05, 3.63) is 65.8 Å². The van der Waals surface area contributed by atoms with Crippen LogP contribution in [0.2, 0.25) is 0 Å². The van der Waals surface area contributed by atoms with E-state index in [0.29, 0.717) is 43.6 Å². The summed E-state index contributed by atoms with van der Waals surface area (Å²) in [6, 6.07) is 12.2. The maximum absolute atomic E-state index is 13.1. The fourth-order valence-electron chi connectivity index (χ4n) is 4.29. The lowest BCUT2D eigenvalue weighted by molar-refractivity contribution is 0.0304. The molecule has 170 valence electrons. The van der Waals surface area contributed by atoms with Crippen LogP contribution in [0.1, 0.15) is 34.7 Å². The Balaban J connectivity index is 1.24. The fourth-order valence-corrected chi connectivity index (χ4v) is 4.29. The minimum atomic E-state index is 0.0360. The quantitative estimate of drug-likeness (QED) is 0.401. The first-order chi connectivity index (χ1) is 16.2. The number of ether oxygens (including phenoxy) is 1. The van der Waals surface area contributed by atoms with Gasteiger partial charge < -0.3 is 18.6 Å². The van der Waals surface area contributed by atoms with Crippen molar-refractivity contribution in [3.63, 3.8) is 0 Å². The Kier molecular flexibility index (Phi) is 6.17. The third kappa shape index (κ3) is 4.66. The molecule has 0 saturated carbocycles. The number of fused-ring (bicyclic) bond motifs is 1. The molecule has 4 heterocycles. The van der Waals surface area contributed by atoms with Crippen LogP contribution in [-0.4, -0.2) is 56.9 Å². The molecule has 0 bridgehead atoms. The van der Waals surface area contributed by atoms with Crippen molar-refractivity contribution in [2.24, 2.45) is 0 Å². The van der Waals surface area contributed by atoms with Crippen LogP contribution in [0.4, 0.5) is 0 Å². The summed E-state index contributed by atoms with van der Waals surface area (Å²) in [5.74, 6) is 1.15. The number of carbonyl (C=O) groups is 1. The molecule has 8 nitrogen and oxygen atoms in total. The first kappa shape index (κ1) is 21.3. The third-order valence-electron chi connectivity index (χ3n) is 5.98. The highest BCUT2D eigenvalue weighted by molar-refractivity contribution is 6.05. The van der Waals surface area contributed by atoms with Gasteiger partial charge in [0.2, 0.25) is 11.8 Å². The lowest BCUT2D eigenvalue weighted by Gasteiger charge is -2.26. The number of carbonyl (C=O) groups excluding carboxylic acids is 1. The van der Waals surface area contributed by atoms with Gasteiger partial charge in [0.1, 0.15) is 5.52 Å². The van der Waals surface area contributed by atoms with E-state index in [9.17, 15) is 4.79 Å². The minimum absolute atomic E-state index is 0.0360. The number of hydrogen-bond acceptors (Lipinski definition) is 6. The molecule has 1 fully saturated rings. The second-order valence-corrected chi connectivity index (χ2v) is 8.30. The van der Waals surface area contributed by atoms with Crippen molar-refractivity contribution in [2.75, 3.05) is 26.3 Å². The number of hydrogen-bond donors (Lipinski definition) is 0. The van der Waals surface area contributed by atoms with E-state index in [0.717, 1.165) is 42.4 Å². The van der Waals surface area contributed by atoms with Crippen molar-refractivity contribution in [2.45, 2.75) is 32.7 Å². The Labute approximate surface area is 192 Å². The van der Waals surface area contributed by atoms with E-state index in [1.54, 1.807) is 13.1 Å². The molecule has 1 aromatic carbocycles. The molecule has 0 unspecified atom stereocenters. The number of benzene rings is 1. The average Bonchev–Trinajstić information content (AvgIpc) is 3.46. The highest BCUT2D eigenvalue weighted by Crippen LogP contribution is 2.23. The van der Waals surface area contributed by atoms with Crippen molar-refractivity contribution in [3.8, 4) is 11.5 Å². The number of unbranched alkanes of at least 4 members (excludes halogenated alkanes) is 1. The number of amides is 1. The van der Waals surface area contributed by atoms with E-state index < -0.39 is 0 Å². The monoisotopic (exact) mass is 445 g/mol. The molecule has 0 spiro atoms. The first-order valence-corrected chi connectivity index (χ1v) is 11.4. The first-order valence-electron chi connectivity index (χ1n) is 11.4. The van der Waals surface area contributed by atoms with E-state index in [1.165, 1.54) is 5.56 Å². The van der Waals surface area contributed by atoms with Crippen LogP contribution in [-0.2, 0) is 17.7 Å². The number of rotatable bonds is 7. The van der Waals surface area contributed by atoms with E-state index >= 15 is 0 Å². The lowest BCUT2D eigenvalue weighted by Crippen LogP contribution is -2.40. The van der Waals surface area contributed by atoms with Crippen LogP contribution in [0.3, 0.4) is 0 Å². The second-order valence-electron chi connectivity index (χ2n) is 8.30. The molecule has 8 heteroatoms. The largest absolute Gasteiger partial charge is 0.421 e. The predicted octanol–water partition coefficient (Wildman–Crippen LogP) is 3.89.